The van der Waals surface area contributed by atoms with Crippen LogP contribution in [0.5, 0.6) is 0 Å². The van der Waals surface area contributed by atoms with Crippen LogP contribution in [-0.2, 0) is 4.79 Å². The Bertz CT molecular complexity index is 487. The predicted molar refractivity (Wildman–Crippen MR) is 69.5 cm³/mol. The Morgan fingerprint density at radius 1 is 1.42 bits per heavy atom. The number of allylic oxidation sites excluding steroid dienone is 2. The smallest absolute Gasteiger partial charge is 0.226 e. The largest absolute Gasteiger partial charge is 0.342 e. The number of carbonyl (C=O) groups is 1. The van der Waals surface area contributed by atoms with Crippen LogP contribution in [0.15, 0.2) is 16.7 Å². The summed E-state index contributed by atoms with van der Waals surface area (Å²) < 4.78 is 5.04. The van der Waals surface area contributed by atoms with Crippen LogP contribution in [0.2, 0.25) is 0 Å². The fourth-order valence-electron chi connectivity index (χ4n) is 2.95. The summed E-state index contributed by atoms with van der Waals surface area (Å²) in [5.74, 6) is 2.02. The average molecular weight is 261 g/mol. The standard InChI is InChI=1S/C14H19N3O2/c1-10-15-13(16-19-10)12-7-4-8-17(9-12)14(18)11-5-2-3-6-11/h2-3,11-12H,4-9H2,1H3/t12-/m0/s1. The normalized spacial score (nSPS) is 24.1. The van der Waals surface area contributed by atoms with Crippen LogP contribution in [0.4, 0.5) is 0 Å². The monoisotopic (exact) mass is 261 g/mol. The average Bonchev–Trinajstić information content (AvgIpc) is 3.09. The van der Waals surface area contributed by atoms with Crippen LogP contribution in [0.25, 0.3) is 0 Å². The molecule has 5 heteroatoms. The van der Waals surface area contributed by atoms with Crippen LogP contribution < -0.4 is 0 Å². The number of hydrogen-bond donors (Lipinski definition) is 0. The molecule has 2 aliphatic rings. The fraction of sp³-hybridized carbons (Fsp3) is 0.643. The highest BCUT2D eigenvalue weighted by atomic mass is 16.5. The third-order valence-electron chi connectivity index (χ3n) is 4.00. The molecule has 0 saturated carbocycles. The van der Waals surface area contributed by atoms with Gasteiger partial charge in [0.05, 0.1) is 0 Å². The molecule has 1 aliphatic carbocycles. The lowest BCUT2D eigenvalue weighted by Gasteiger charge is -2.33. The van der Waals surface area contributed by atoms with Crippen molar-refractivity contribution in [3.8, 4) is 0 Å². The molecule has 0 radical (unpaired) electrons. The molecule has 0 aromatic carbocycles. The molecule has 2 heterocycles. The number of carbonyl (C=O) groups excluding carboxylic acids is 1. The van der Waals surface area contributed by atoms with Gasteiger partial charge in [-0.25, -0.2) is 0 Å². The van der Waals surface area contributed by atoms with Gasteiger partial charge < -0.3 is 9.42 Å². The molecule has 1 aliphatic heterocycles. The highest BCUT2D eigenvalue weighted by Crippen LogP contribution is 2.28. The quantitative estimate of drug-likeness (QED) is 0.764. The lowest BCUT2D eigenvalue weighted by molar-refractivity contribution is -0.136. The van der Waals surface area contributed by atoms with Gasteiger partial charge in [0.25, 0.3) is 0 Å². The number of aromatic nitrogens is 2. The van der Waals surface area contributed by atoms with Crippen LogP contribution in [-0.4, -0.2) is 34.0 Å². The zero-order valence-corrected chi connectivity index (χ0v) is 11.2. The highest BCUT2D eigenvalue weighted by Gasteiger charge is 2.31. The number of aryl methyl sites for hydroxylation is 1. The van der Waals surface area contributed by atoms with Crippen molar-refractivity contribution in [3.63, 3.8) is 0 Å². The second-order valence-corrected chi connectivity index (χ2v) is 5.43. The SMILES string of the molecule is Cc1nc([C@H]2CCCN(C(=O)C3CC=CC3)C2)no1. The molecule has 1 aromatic heterocycles. The van der Waals surface area contributed by atoms with E-state index in [9.17, 15) is 4.79 Å². The van der Waals surface area contributed by atoms with Gasteiger partial charge in [-0.3, -0.25) is 4.79 Å². The van der Waals surface area contributed by atoms with Crippen molar-refractivity contribution >= 4 is 5.91 Å². The van der Waals surface area contributed by atoms with E-state index in [1.165, 1.54) is 0 Å². The fourth-order valence-corrected chi connectivity index (χ4v) is 2.95. The number of amides is 1. The topological polar surface area (TPSA) is 59.2 Å². The van der Waals surface area contributed by atoms with E-state index in [0.29, 0.717) is 5.89 Å². The minimum atomic E-state index is 0.158. The molecular formula is C14H19N3O2. The Hall–Kier alpha value is -1.65. The third-order valence-corrected chi connectivity index (χ3v) is 4.00. The van der Waals surface area contributed by atoms with Gasteiger partial charge in [0.1, 0.15) is 0 Å². The second kappa shape index (κ2) is 5.15. The first-order chi connectivity index (χ1) is 9.24. The molecule has 0 unspecified atom stereocenters. The molecule has 0 N–H and O–H groups in total. The summed E-state index contributed by atoms with van der Waals surface area (Å²) in [6.45, 7) is 3.39. The van der Waals surface area contributed by atoms with Crippen molar-refractivity contribution in [1.82, 2.24) is 15.0 Å². The van der Waals surface area contributed by atoms with Gasteiger partial charge in [0.2, 0.25) is 11.8 Å². The van der Waals surface area contributed by atoms with Gasteiger partial charge in [-0.1, -0.05) is 17.3 Å². The second-order valence-electron chi connectivity index (χ2n) is 5.43. The Balaban J connectivity index is 1.66. The summed E-state index contributed by atoms with van der Waals surface area (Å²) in [6, 6.07) is 0. The summed E-state index contributed by atoms with van der Waals surface area (Å²) in [4.78, 5) is 18.7. The van der Waals surface area contributed by atoms with Gasteiger partial charge >= 0.3 is 0 Å². The summed E-state index contributed by atoms with van der Waals surface area (Å²) in [5, 5.41) is 3.99. The molecule has 19 heavy (non-hydrogen) atoms. The Kier molecular flexibility index (Phi) is 3.36. The maximum absolute atomic E-state index is 12.4. The first-order valence-electron chi connectivity index (χ1n) is 6.98. The van der Waals surface area contributed by atoms with Crippen molar-refractivity contribution < 1.29 is 9.32 Å². The molecule has 0 bridgehead atoms. The Morgan fingerprint density at radius 3 is 2.89 bits per heavy atom. The van der Waals surface area contributed by atoms with Gasteiger partial charge in [-0.05, 0) is 25.7 Å². The van der Waals surface area contributed by atoms with Gasteiger partial charge in [-0.15, -0.1) is 0 Å². The number of hydrogen-bond acceptors (Lipinski definition) is 4. The third kappa shape index (κ3) is 2.55. The molecule has 5 nitrogen and oxygen atoms in total. The summed E-state index contributed by atoms with van der Waals surface area (Å²) in [5.41, 5.74) is 0. The van der Waals surface area contributed by atoms with Crippen LogP contribution >= 0.6 is 0 Å². The van der Waals surface area contributed by atoms with Crippen LogP contribution in [0, 0.1) is 12.8 Å². The molecule has 1 fully saturated rings. The molecule has 1 aromatic rings. The van der Waals surface area contributed by atoms with Crippen LogP contribution in [0.1, 0.15) is 43.3 Å². The highest BCUT2D eigenvalue weighted by molar-refractivity contribution is 5.79. The Morgan fingerprint density at radius 2 is 2.21 bits per heavy atom. The molecular weight excluding hydrogens is 242 g/mol. The molecule has 1 amide bonds. The van der Waals surface area contributed by atoms with Gasteiger partial charge in [-0.2, -0.15) is 4.98 Å². The molecule has 102 valence electrons. The van der Waals surface area contributed by atoms with E-state index in [1.54, 1.807) is 6.92 Å². The first-order valence-corrected chi connectivity index (χ1v) is 6.98. The van der Waals surface area contributed by atoms with Crippen LogP contribution in [0.3, 0.4) is 0 Å². The number of rotatable bonds is 2. The van der Waals surface area contributed by atoms with E-state index in [0.717, 1.165) is 44.6 Å². The first kappa shape index (κ1) is 12.4. The van der Waals surface area contributed by atoms with E-state index in [2.05, 4.69) is 22.3 Å². The number of likely N-dealkylation sites (tertiary alicyclic amines) is 1. The van der Waals surface area contributed by atoms with Gasteiger partial charge in [0.15, 0.2) is 5.82 Å². The Labute approximate surface area is 112 Å². The molecule has 3 rings (SSSR count). The maximum atomic E-state index is 12.4. The summed E-state index contributed by atoms with van der Waals surface area (Å²) >= 11 is 0. The van der Waals surface area contributed by atoms with Crippen molar-refractivity contribution in [1.29, 1.82) is 0 Å². The van der Waals surface area contributed by atoms with E-state index in [-0.39, 0.29) is 17.7 Å². The molecule has 0 spiro atoms. The minimum absolute atomic E-state index is 0.158. The molecule has 1 atom stereocenters. The van der Waals surface area contributed by atoms with E-state index in [1.807, 2.05) is 4.90 Å². The van der Waals surface area contributed by atoms with Crippen molar-refractivity contribution in [3.05, 3.63) is 23.9 Å². The predicted octanol–water partition coefficient (Wildman–Crippen LogP) is 2.05. The summed E-state index contributed by atoms with van der Waals surface area (Å²) in [6.07, 6.45) is 8.04. The van der Waals surface area contributed by atoms with Gasteiger partial charge in [0, 0.05) is 31.8 Å². The summed E-state index contributed by atoms with van der Waals surface area (Å²) in [7, 11) is 0. The zero-order chi connectivity index (χ0) is 13.2. The number of nitrogens with zero attached hydrogens (tertiary/aromatic N) is 3. The molecule has 1 saturated heterocycles. The number of piperidine rings is 1. The van der Waals surface area contributed by atoms with Crippen molar-refractivity contribution in [2.24, 2.45) is 5.92 Å². The van der Waals surface area contributed by atoms with Crippen molar-refractivity contribution in [2.45, 2.75) is 38.5 Å². The van der Waals surface area contributed by atoms with E-state index >= 15 is 0 Å². The zero-order valence-electron chi connectivity index (χ0n) is 11.2. The minimum Gasteiger partial charge on any atom is -0.342 e. The van der Waals surface area contributed by atoms with Crippen molar-refractivity contribution in [2.75, 3.05) is 13.1 Å². The lowest BCUT2D eigenvalue weighted by Crippen LogP contribution is -2.42. The van der Waals surface area contributed by atoms with E-state index in [4.69, 9.17) is 4.52 Å². The maximum Gasteiger partial charge on any atom is 0.226 e. The lowest BCUT2D eigenvalue weighted by atomic mass is 9.95. The van der Waals surface area contributed by atoms with E-state index < -0.39 is 0 Å².